The third-order valence-electron chi connectivity index (χ3n) is 5.04. The van der Waals surface area contributed by atoms with Crippen LogP contribution >= 0.6 is 11.6 Å². The van der Waals surface area contributed by atoms with Crippen molar-refractivity contribution in [3.8, 4) is 17.2 Å². The fourth-order valence-corrected chi connectivity index (χ4v) is 3.70. The lowest BCUT2D eigenvalue weighted by molar-refractivity contribution is -0.116. The molecule has 0 atom stereocenters. The van der Waals surface area contributed by atoms with Gasteiger partial charge in [-0.2, -0.15) is 5.10 Å². The summed E-state index contributed by atoms with van der Waals surface area (Å²) in [5.74, 6) is 0.732. The van der Waals surface area contributed by atoms with Crippen molar-refractivity contribution < 1.29 is 14.3 Å². The van der Waals surface area contributed by atoms with Crippen molar-refractivity contribution in [3.05, 3.63) is 64.7 Å². The van der Waals surface area contributed by atoms with E-state index in [4.69, 9.17) is 21.1 Å². The van der Waals surface area contributed by atoms with Crippen molar-refractivity contribution in [2.45, 2.75) is 19.4 Å². The van der Waals surface area contributed by atoms with Gasteiger partial charge in [-0.05, 0) is 24.6 Å². The van der Waals surface area contributed by atoms with E-state index in [1.54, 1.807) is 30.3 Å². The molecule has 170 valence electrons. The number of benzene rings is 2. The molecule has 1 amide bonds. The van der Waals surface area contributed by atoms with Gasteiger partial charge in [-0.3, -0.25) is 14.2 Å². The summed E-state index contributed by atoms with van der Waals surface area (Å²) in [6, 6.07) is 8.45. The number of hydrogen-bond donors (Lipinski definition) is 1. The van der Waals surface area contributed by atoms with Gasteiger partial charge in [0.1, 0.15) is 18.3 Å². The molecule has 0 bridgehead atoms. The number of para-hydroxylation sites is 1. The number of nitrogens with one attached hydrogen (secondary N) is 1. The molecule has 0 aliphatic carbocycles. The van der Waals surface area contributed by atoms with Crippen LogP contribution in [0.3, 0.4) is 0 Å². The molecule has 4 rings (SSSR count). The van der Waals surface area contributed by atoms with Crippen molar-refractivity contribution in [1.82, 2.24) is 24.3 Å². The number of fused-ring (bicyclic) bond motifs is 1. The zero-order valence-corrected chi connectivity index (χ0v) is 18.7. The lowest BCUT2D eigenvalue weighted by atomic mass is 10.2. The first-order valence-corrected chi connectivity index (χ1v) is 10.4. The number of nitrogens with zero attached hydrogens (tertiary/aromatic N) is 5. The van der Waals surface area contributed by atoms with E-state index in [9.17, 15) is 9.59 Å². The van der Waals surface area contributed by atoms with E-state index >= 15 is 0 Å². The third kappa shape index (κ3) is 4.65. The van der Waals surface area contributed by atoms with Crippen LogP contribution in [0.25, 0.3) is 16.6 Å². The number of aromatic nitrogens is 5. The Bertz CT molecular complexity index is 1350. The van der Waals surface area contributed by atoms with Gasteiger partial charge in [0.15, 0.2) is 11.5 Å². The molecule has 4 aromatic rings. The largest absolute Gasteiger partial charge is 0.493 e. The number of carbonyl (C=O) groups is 1. The molecule has 0 spiro atoms. The Hall–Kier alpha value is -3.92. The first kappa shape index (κ1) is 22.3. The molecule has 2 aromatic carbocycles. The fourth-order valence-electron chi connectivity index (χ4n) is 3.44. The molecule has 1 N–H and O–H groups in total. The topological polar surface area (TPSA) is 113 Å². The van der Waals surface area contributed by atoms with E-state index < -0.39 is 0 Å². The smallest absolute Gasteiger partial charge is 0.261 e. The molecular formula is C22H21ClN6O4. The Morgan fingerprint density at radius 2 is 1.94 bits per heavy atom. The van der Waals surface area contributed by atoms with E-state index in [0.29, 0.717) is 51.8 Å². The summed E-state index contributed by atoms with van der Waals surface area (Å²) in [7, 11) is 3.03. The molecule has 2 aromatic heterocycles. The predicted molar refractivity (Wildman–Crippen MR) is 123 cm³/mol. The molecule has 0 radical (unpaired) electrons. The van der Waals surface area contributed by atoms with Gasteiger partial charge in [0.2, 0.25) is 5.91 Å². The Morgan fingerprint density at radius 3 is 2.67 bits per heavy atom. The summed E-state index contributed by atoms with van der Waals surface area (Å²) in [6.07, 6.45) is 4.98. The van der Waals surface area contributed by atoms with Crippen LogP contribution in [0.1, 0.15) is 12.8 Å². The minimum absolute atomic E-state index is 0.194. The van der Waals surface area contributed by atoms with Crippen LogP contribution in [0.15, 0.2) is 54.1 Å². The van der Waals surface area contributed by atoms with E-state index in [-0.39, 0.29) is 17.9 Å². The van der Waals surface area contributed by atoms with Crippen LogP contribution in [0.2, 0.25) is 5.02 Å². The number of methoxy groups -OCH3 is 2. The average Bonchev–Trinajstić information content (AvgIpc) is 3.34. The minimum Gasteiger partial charge on any atom is -0.493 e. The molecular weight excluding hydrogens is 448 g/mol. The zero-order chi connectivity index (χ0) is 23.4. The highest BCUT2D eigenvalue weighted by Gasteiger charge is 2.14. The Kier molecular flexibility index (Phi) is 6.55. The van der Waals surface area contributed by atoms with Crippen molar-refractivity contribution in [3.63, 3.8) is 0 Å². The maximum Gasteiger partial charge on any atom is 0.261 e. The molecule has 0 saturated heterocycles. The van der Waals surface area contributed by atoms with Gasteiger partial charge >= 0.3 is 0 Å². The second-order valence-electron chi connectivity index (χ2n) is 7.10. The third-order valence-corrected chi connectivity index (χ3v) is 5.35. The Balaban J connectivity index is 1.45. The number of rotatable bonds is 8. The number of ether oxygens (including phenoxy) is 2. The minimum atomic E-state index is -0.218. The Labute approximate surface area is 193 Å². The molecule has 33 heavy (non-hydrogen) atoms. The number of anilines is 1. The standard InChI is InChI=1S/C22H21ClN6O4/c1-32-18-9-14-17(10-19(18)33-2)25-13-28(22(14)31)8-4-7-20(30)27-16-6-3-5-15(23)21(16)29-12-24-11-26-29/h3,5-6,9-13H,4,7-8H2,1-2H3,(H,27,30). The van der Waals surface area contributed by atoms with Crippen LogP contribution < -0.4 is 20.3 Å². The van der Waals surface area contributed by atoms with Crippen LogP contribution in [0, 0.1) is 0 Å². The monoisotopic (exact) mass is 468 g/mol. The molecule has 0 aliphatic rings. The van der Waals surface area contributed by atoms with Crippen LogP contribution in [0.4, 0.5) is 5.69 Å². The fraction of sp³-hybridized carbons (Fsp3) is 0.227. The first-order chi connectivity index (χ1) is 16.0. The highest BCUT2D eigenvalue weighted by atomic mass is 35.5. The molecule has 10 nitrogen and oxygen atoms in total. The van der Waals surface area contributed by atoms with E-state index in [1.807, 2.05) is 0 Å². The lowest BCUT2D eigenvalue weighted by Crippen LogP contribution is -2.22. The summed E-state index contributed by atoms with van der Waals surface area (Å²) in [5, 5.41) is 7.78. The highest BCUT2D eigenvalue weighted by Crippen LogP contribution is 2.30. The number of aryl methyl sites for hydroxylation is 1. The normalized spacial score (nSPS) is 10.9. The number of carbonyl (C=O) groups excluding carboxylic acids is 1. The van der Waals surface area contributed by atoms with E-state index in [2.05, 4.69) is 20.4 Å². The lowest BCUT2D eigenvalue weighted by Gasteiger charge is -2.13. The molecule has 0 fully saturated rings. The summed E-state index contributed by atoms with van der Waals surface area (Å²) in [4.78, 5) is 33.7. The highest BCUT2D eigenvalue weighted by molar-refractivity contribution is 6.33. The van der Waals surface area contributed by atoms with Gasteiger partial charge in [0, 0.05) is 19.0 Å². The summed E-state index contributed by atoms with van der Waals surface area (Å²) in [6.45, 7) is 0.328. The zero-order valence-electron chi connectivity index (χ0n) is 18.0. The molecule has 11 heteroatoms. The van der Waals surface area contributed by atoms with Crippen molar-refractivity contribution in [2.24, 2.45) is 0 Å². The van der Waals surface area contributed by atoms with Gasteiger partial charge in [0.25, 0.3) is 5.56 Å². The molecule has 2 heterocycles. The summed E-state index contributed by atoms with van der Waals surface area (Å²) < 4.78 is 13.5. The van der Waals surface area contributed by atoms with Gasteiger partial charge in [-0.25, -0.2) is 14.6 Å². The van der Waals surface area contributed by atoms with Gasteiger partial charge < -0.3 is 14.8 Å². The Morgan fingerprint density at radius 1 is 1.15 bits per heavy atom. The van der Waals surface area contributed by atoms with Crippen molar-refractivity contribution in [1.29, 1.82) is 0 Å². The van der Waals surface area contributed by atoms with Crippen LogP contribution in [-0.4, -0.2) is 44.4 Å². The van der Waals surface area contributed by atoms with Gasteiger partial charge in [0.05, 0.1) is 42.2 Å². The number of amides is 1. The van der Waals surface area contributed by atoms with Gasteiger partial charge in [-0.15, -0.1) is 0 Å². The number of halogens is 1. The first-order valence-electron chi connectivity index (χ1n) is 10.1. The SMILES string of the molecule is COc1cc2ncn(CCCC(=O)Nc3cccc(Cl)c3-n3cncn3)c(=O)c2cc1OC. The summed E-state index contributed by atoms with van der Waals surface area (Å²) in [5.41, 5.74) is 1.34. The van der Waals surface area contributed by atoms with Crippen LogP contribution in [-0.2, 0) is 11.3 Å². The second-order valence-corrected chi connectivity index (χ2v) is 7.50. The molecule has 0 unspecified atom stereocenters. The maximum atomic E-state index is 12.9. The second kappa shape index (κ2) is 9.70. The summed E-state index contributed by atoms with van der Waals surface area (Å²) >= 11 is 6.29. The quantitative estimate of drug-likeness (QED) is 0.422. The average molecular weight is 469 g/mol. The molecule has 0 saturated carbocycles. The number of hydrogen-bond acceptors (Lipinski definition) is 7. The van der Waals surface area contributed by atoms with Crippen LogP contribution in [0.5, 0.6) is 11.5 Å². The maximum absolute atomic E-state index is 12.9. The van der Waals surface area contributed by atoms with Gasteiger partial charge in [-0.1, -0.05) is 17.7 Å². The van der Waals surface area contributed by atoms with E-state index in [1.165, 1.54) is 42.5 Å². The van der Waals surface area contributed by atoms with E-state index in [0.717, 1.165) is 0 Å². The predicted octanol–water partition coefficient (Wildman–Crippen LogP) is 3.07. The van der Waals surface area contributed by atoms with Crippen molar-refractivity contribution >= 4 is 34.1 Å². The van der Waals surface area contributed by atoms with Crippen molar-refractivity contribution in [2.75, 3.05) is 19.5 Å². The molecule has 0 aliphatic heterocycles.